The number of alkyl halides is 4. The van der Waals surface area contributed by atoms with Gasteiger partial charge in [0.1, 0.15) is 6.17 Å². The zero-order valence-electron chi connectivity index (χ0n) is 23.3. The molecule has 39 heavy (non-hydrogen) atoms. The maximum Gasteiger partial charge on any atom is 0.391 e. The molecule has 6 aliphatic rings. The van der Waals surface area contributed by atoms with Crippen LogP contribution in [0.1, 0.15) is 109 Å². The van der Waals surface area contributed by atoms with E-state index in [1.807, 2.05) is 0 Å². The number of fused-ring (bicyclic) bond motifs is 1. The molecule has 0 bridgehead atoms. The van der Waals surface area contributed by atoms with Gasteiger partial charge in [-0.1, -0.05) is 25.7 Å². The first-order valence-corrected chi connectivity index (χ1v) is 15.9. The minimum absolute atomic E-state index is 0.0676. The third kappa shape index (κ3) is 5.82. The normalized spacial score (nSPS) is 37.6. The fourth-order valence-corrected chi connectivity index (χ4v) is 9.18. The molecule has 0 radical (unpaired) electrons. The highest BCUT2D eigenvalue weighted by Crippen LogP contribution is 2.56. The molecule has 4 unspecified atom stereocenters. The molecule has 5 aliphatic carbocycles. The van der Waals surface area contributed by atoms with Crippen molar-refractivity contribution in [2.75, 3.05) is 13.2 Å². The van der Waals surface area contributed by atoms with E-state index in [1.165, 1.54) is 43.4 Å². The summed E-state index contributed by atoms with van der Waals surface area (Å²) in [6.07, 6.45) is 9.34. The Morgan fingerprint density at radius 3 is 2.28 bits per heavy atom. The Kier molecular flexibility index (Phi) is 8.13. The van der Waals surface area contributed by atoms with Gasteiger partial charge in [0.25, 0.3) is 0 Å². The van der Waals surface area contributed by atoms with Crippen LogP contribution in [0.15, 0.2) is 22.4 Å². The van der Waals surface area contributed by atoms with E-state index in [4.69, 9.17) is 4.74 Å². The SMILES string of the molecule is OC1CC2(CCC2)CC2NC(C3CCCC3)=C(COCC3CCCC(C(F)(F)F)C3)C(C3CCC(F)CC3)=C12. The second-order valence-corrected chi connectivity index (χ2v) is 14.0. The van der Waals surface area contributed by atoms with Gasteiger partial charge in [0.05, 0.1) is 24.7 Å². The standard InChI is InChI=1S/C32H47F4NO2/c33-24-11-9-21(10-12-24)28-25(19-39-18-20-5-3-8-23(15-20)32(34,35)36)30(22-6-1-2-7-22)37-26-16-31(13-4-14-31)17-27(38)29(26)28/h20-24,26-27,37-38H,1-19H2. The number of halogens is 4. The Morgan fingerprint density at radius 2 is 1.62 bits per heavy atom. The van der Waals surface area contributed by atoms with Gasteiger partial charge in [0.15, 0.2) is 0 Å². The number of nitrogens with one attached hydrogen (secondary N) is 1. The van der Waals surface area contributed by atoms with Crippen LogP contribution in [0.2, 0.25) is 0 Å². The minimum Gasteiger partial charge on any atom is -0.389 e. The highest BCUT2D eigenvalue weighted by Gasteiger charge is 2.50. The van der Waals surface area contributed by atoms with Gasteiger partial charge in [0.2, 0.25) is 0 Å². The summed E-state index contributed by atoms with van der Waals surface area (Å²) in [5.41, 5.74) is 5.05. The summed E-state index contributed by atoms with van der Waals surface area (Å²) in [5.74, 6) is -0.614. The van der Waals surface area contributed by atoms with Crippen molar-refractivity contribution in [3.8, 4) is 0 Å². The van der Waals surface area contributed by atoms with E-state index in [1.54, 1.807) is 0 Å². The number of ether oxygens (including phenoxy) is 1. The number of rotatable bonds is 6. The number of hydrogen-bond acceptors (Lipinski definition) is 3. The van der Waals surface area contributed by atoms with Crippen molar-refractivity contribution in [3.05, 3.63) is 22.4 Å². The number of aliphatic hydroxyl groups is 1. The molecular formula is C32H47F4NO2. The van der Waals surface area contributed by atoms with Crippen LogP contribution in [0.25, 0.3) is 0 Å². The summed E-state index contributed by atoms with van der Waals surface area (Å²) in [6, 6.07) is 0.136. The van der Waals surface area contributed by atoms with Crippen molar-refractivity contribution in [3.63, 3.8) is 0 Å². The fourth-order valence-electron chi connectivity index (χ4n) is 9.18. The first-order chi connectivity index (χ1) is 18.7. The van der Waals surface area contributed by atoms with Crippen LogP contribution >= 0.6 is 0 Å². The highest BCUT2D eigenvalue weighted by atomic mass is 19.4. The maximum atomic E-state index is 14.2. The Morgan fingerprint density at radius 1 is 0.872 bits per heavy atom. The molecule has 7 heteroatoms. The van der Waals surface area contributed by atoms with E-state index in [9.17, 15) is 22.7 Å². The first-order valence-electron chi connectivity index (χ1n) is 15.9. The van der Waals surface area contributed by atoms with Crippen molar-refractivity contribution in [2.45, 2.75) is 134 Å². The molecule has 1 aliphatic heterocycles. The van der Waals surface area contributed by atoms with E-state index >= 15 is 0 Å². The molecule has 220 valence electrons. The third-order valence-electron chi connectivity index (χ3n) is 11.4. The summed E-state index contributed by atoms with van der Waals surface area (Å²) in [6.45, 7) is 0.730. The van der Waals surface area contributed by atoms with Gasteiger partial charge in [-0.15, -0.1) is 0 Å². The largest absolute Gasteiger partial charge is 0.391 e. The van der Waals surface area contributed by atoms with Crippen molar-refractivity contribution in [1.29, 1.82) is 0 Å². The molecule has 0 saturated heterocycles. The molecule has 0 aromatic rings. The highest BCUT2D eigenvalue weighted by molar-refractivity contribution is 5.50. The van der Waals surface area contributed by atoms with Crippen molar-refractivity contribution in [2.24, 2.45) is 29.1 Å². The molecule has 0 amide bonds. The van der Waals surface area contributed by atoms with Crippen LogP contribution in [-0.2, 0) is 4.74 Å². The minimum atomic E-state index is -4.12. The smallest absolute Gasteiger partial charge is 0.389 e. The lowest BCUT2D eigenvalue weighted by Crippen LogP contribution is -2.52. The number of aliphatic hydroxyl groups excluding tert-OH is 1. The predicted molar refractivity (Wildman–Crippen MR) is 144 cm³/mol. The summed E-state index contributed by atoms with van der Waals surface area (Å²) >= 11 is 0. The van der Waals surface area contributed by atoms with E-state index in [0.29, 0.717) is 38.4 Å². The summed E-state index contributed by atoms with van der Waals surface area (Å²) in [5, 5.41) is 15.6. The second kappa shape index (κ2) is 11.3. The van der Waals surface area contributed by atoms with Crippen molar-refractivity contribution >= 4 is 0 Å². The lowest BCUT2D eigenvalue weighted by molar-refractivity contribution is -0.187. The van der Waals surface area contributed by atoms with Gasteiger partial charge in [-0.3, -0.25) is 0 Å². The topological polar surface area (TPSA) is 41.5 Å². The Bertz CT molecular complexity index is 940. The van der Waals surface area contributed by atoms with Gasteiger partial charge in [-0.25, -0.2) is 4.39 Å². The Hall–Kier alpha value is -1.08. The van der Waals surface area contributed by atoms with Gasteiger partial charge >= 0.3 is 6.18 Å². The molecular weight excluding hydrogens is 506 g/mol. The lowest BCUT2D eigenvalue weighted by Gasteiger charge is -2.53. The molecule has 2 N–H and O–H groups in total. The van der Waals surface area contributed by atoms with Crippen LogP contribution in [-0.4, -0.2) is 42.8 Å². The zero-order valence-corrected chi connectivity index (χ0v) is 23.3. The van der Waals surface area contributed by atoms with E-state index in [2.05, 4.69) is 5.32 Å². The molecule has 0 aromatic carbocycles. The van der Waals surface area contributed by atoms with Gasteiger partial charge < -0.3 is 15.2 Å². The van der Waals surface area contributed by atoms with Crippen molar-refractivity contribution < 1.29 is 27.4 Å². The molecule has 5 fully saturated rings. The Labute approximate surface area is 231 Å². The number of hydrogen-bond donors (Lipinski definition) is 2. The monoisotopic (exact) mass is 553 g/mol. The molecule has 4 atom stereocenters. The predicted octanol–water partition coefficient (Wildman–Crippen LogP) is 7.94. The average Bonchev–Trinajstić information content (AvgIpc) is 3.42. The third-order valence-corrected chi connectivity index (χ3v) is 11.4. The van der Waals surface area contributed by atoms with Gasteiger partial charge in [-0.2, -0.15) is 13.2 Å². The maximum absolute atomic E-state index is 14.2. The van der Waals surface area contributed by atoms with E-state index in [-0.39, 0.29) is 36.1 Å². The molecule has 5 saturated carbocycles. The summed E-state index contributed by atoms with van der Waals surface area (Å²) < 4.78 is 60.8. The summed E-state index contributed by atoms with van der Waals surface area (Å²) in [4.78, 5) is 0. The van der Waals surface area contributed by atoms with Crippen molar-refractivity contribution in [1.82, 2.24) is 5.32 Å². The molecule has 0 aromatic heterocycles. The van der Waals surface area contributed by atoms with E-state index in [0.717, 1.165) is 56.1 Å². The van der Waals surface area contributed by atoms with Crippen LogP contribution in [0, 0.1) is 29.1 Å². The molecule has 1 heterocycles. The molecule has 6 rings (SSSR count). The first kappa shape index (κ1) is 28.1. The van der Waals surface area contributed by atoms with E-state index < -0.39 is 24.4 Å². The lowest BCUT2D eigenvalue weighted by atomic mass is 9.56. The molecule has 1 spiro atoms. The number of dihydropyridines is 1. The average molecular weight is 554 g/mol. The quantitative estimate of drug-likeness (QED) is 0.328. The fraction of sp³-hybridized carbons (Fsp3) is 0.875. The second-order valence-electron chi connectivity index (χ2n) is 14.0. The number of allylic oxidation sites excluding steroid dienone is 1. The Balaban J connectivity index is 1.28. The van der Waals surface area contributed by atoms with Crippen LogP contribution in [0.3, 0.4) is 0 Å². The summed E-state index contributed by atoms with van der Waals surface area (Å²) in [7, 11) is 0. The van der Waals surface area contributed by atoms with Gasteiger partial charge in [0, 0.05) is 17.9 Å². The van der Waals surface area contributed by atoms with Crippen LogP contribution in [0.5, 0.6) is 0 Å². The molecule has 3 nitrogen and oxygen atoms in total. The van der Waals surface area contributed by atoms with Crippen LogP contribution in [0.4, 0.5) is 17.6 Å². The van der Waals surface area contributed by atoms with Gasteiger partial charge in [-0.05, 0) is 118 Å². The zero-order chi connectivity index (χ0) is 27.2. The van der Waals surface area contributed by atoms with Crippen LogP contribution < -0.4 is 5.32 Å².